The van der Waals surface area contributed by atoms with Gasteiger partial charge in [0.2, 0.25) is 0 Å². The van der Waals surface area contributed by atoms with Crippen molar-refractivity contribution in [3.63, 3.8) is 0 Å². The fourth-order valence-corrected chi connectivity index (χ4v) is 6.58. The lowest BCUT2D eigenvalue weighted by atomic mass is 10.1. The average molecular weight is 533 g/mol. The van der Waals surface area contributed by atoms with Crippen LogP contribution in [-0.2, 0) is 0 Å². The summed E-state index contributed by atoms with van der Waals surface area (Å²) in [5.74, 6) is 0.853. The number of hydrogen-bond acceptors (Lipinski definition) is 6. The third kappa shape index (κ3) is 8.62. The van der Waals surface area contributed by atoms with Crippen LogP contribution in [0.1, 0.15) is 105 Å². The van der Waals surface area contributed by atoms with Gasteiger partial charge < -0.3 is 9.94 Å². The molecule has 1 aromatic heterocycles. The average Bonchev–Trinajstić information content (AvgIpc) is 3.48. The maximum absolute atomic E-state index is 14.9. The van der Waals surface area contributed by atoms with E-state index in [1.165, 1.54) is 77.0 Å². The Morgan fingerprint density at radius 3 is 2.22 bits per heavy atom. The second-order valence-electron chi connectivity index (χ2n) is 10.8. The summed E-state index contributed by atoms with van der Waals surface area (Å²) in [6.45, 7) is 13.8. The lowest BCUT2D eigenvalue weighted by Crippen LogP contribution is -2.57. The molecule has 6 nitrogen and oxygen atoms in total. The number of nitrogens with zero attached hydrogens (tertiary/aromatic N) is 4. The highest BCUT2D eigenvalue weighted by atomic mass is 32.1. The minimum absolute atomic E-state index is 0.0821. The molecule has 0 bridgehead atoms. The van der Waals surface area contributed by atoms with Crippen molar-refractivity contribution in [1.82, 2.24) is 19.4 Å². The Morgan fingerprint density at radius 1 is 0.946 bits per heavy atom. The number of benzene rings is 1. The Balaban J connectivity index is 1.86. The Labute approximate surface area is 230 Å². The number of hydroxylamine groups is 2. The molecule has 2 atom stereocenters. The van der Waals surface area contributed by atoms with Crippen molar-refractivity contribution < 1.29 is 4.74 Å². The summed E-state index contributed by atoms with van der Waals surface area (Å²) in [5, 5.41) is 15.6. The Kier molecular flexibility index (Phi) is 13.1. The minimum Gasteiger partial charge on any atom is -0.623 e. The zero-order valence-corrected chi connectivity index (χ0v) is 24.9. The summed E-state index contributed by atoms with van der Waals surface area (Å²) in [5.41, 5.74) is 0.911. The molecule has 1 fully saturated rings. The second-order valence-corrected chi connectivity index (χ2v) is 11.8. The number of rotatable bonds is 19. The predicted molar refractivity (Wildman–Crippen MR) is 160 cm³/mol. The zero-order valence-electron chi connectivity index (χ0n) is 24.1. The molecule has 1 saturated heterocycles. The van der Waals surface area contributed by atoms with E-state index in [4.69, 9.17) is 9.72 Å². The number of thiazole rings is 1. The molecule has 37 heavy (non-hydrogen) atoms. The molecule has 0 aliphatic carbocycles. The lowest BCUT2D eigenvalue weighted by molar-refractivity contribution is 0.113. The number of ether oxygens (including phenoxy) is 1. The summed E-state index contributed by atoms with van der Waals surface area (Å²) >= 11 is 1.57. The van der Waals surface area contributed by atoms with Gasteiger partial charge in [-0.15, -0.1) is 0 Å². The van der Waals surface area contributed by atoms with Crippen LogP contribution in [0.4, 0.5) is 5.13 Å². The molecule has 2 unspecified atom stereocenters. The summed E-state index contributed by atoms with van der Waals surface area (Å²) < 4.78 is 6.44. The molecule has 2 heterocycles. The molecule has 7 heteroatoms. The topological polar surface area (TPSA) is 51.7 Å². The third-order valence-corrected chi connectivity index (χ3v) is 8.77. The first-order valence-electron chi connectivity index (χ1n) is 15.1. The van der Waals surface area contributed by atoms with Gasteiger partial charge in [0, 0.05) is 19.6 Å². The van der Waals surface area contributed by atoms with Crippen LogP contribution in [0.3, 0.4) is 0 Å². The Morgan fingerprint density at radius 2 is 1.59 bits per heavy atom. The van der Waals surface area contributed by atoms with Gasteiger partial charge in [0.15, 0.2) is 6.17 Å². The first-order valence-corrected chi connectivity index (χ1v) is 16.0. The van der Waals surface area contributed by atoms with Crippen molar-refractivity contribution in [2.24, 2.45) is 0 Å². The maximum Gasteiger partial charge on any atom is 0.289 e. The first-order chi connectivity index (χ1) is 18.0. The van der Waals surface area contributed by atoms with E-state index in [1.807, 2.05) is 25.1 Å². The van der Waals surface area contributed by atoms with Crippen molar-refractivity contribution in [1.29, 1.82) is 0 Å². The van der Waals surface area contributed by atoms with Gasteiger partial charge >= 0.3 is 0 Å². The van der Waals surface area contributed by atoms with E-state index in [2.05, 4.69) is 30.6 Å². The van der Waals surface area contributed by atoms with E-state index < -0.39 is 0 Å². The van der Waals surface area contributed by atoms with Crippen LogP contribution in [-0.4, -0.2) is 60.4 Å². The molecule has 2 aromatic rings. The van der Waals surface area contributed by atoms with Crippen molar-refractivity contribution >= 4 is 26.7 Å². The first kappa shape index (κ1) is 30.3. The highest BCUT2D eigenvalue weighted by molar-refractivity contribution is 7.22. The maximum atomic E-state index is 14.9. The van der Waals surface area contributed by atoms with Gasteiger partial charge in [-0.3, -0.25) is 9.55 Å². The molecular weight excluding hydrogens is 480 g/mol. The Hall–Kier alpha value is -1.25. The highest BCUT2D eigenvalue weighted by Gasteiger charge is 2.46. The molecule has 1 aromatic carbocycles. The van der Waals surface area contributed by atoms with E-state index in [9.17, 15) is 5.21 Å². The standard InChI is InChI=1S/C30H52N4O2S/c1-5-9-12-15-20-32-24-29(33(21-16-13-10-6-2)22-17-14-11-7-3)34(35,25-32)30-31-27-19-18-26(36-8-4)23-28(27)37-30/h18-19,23,29H,5-17,20-22,24-25H2,1-4H3. The summed E-state index contributed by atoms with van der Waals surface area (Å²) in [6.07, 6.45) is 14.7. The summed E-state index contributed by atoms with van der Waals surface area (Å²) in [6, 6.07) is 6.03. The number of quaternary nitrogens is 1. The summed E-state index contributed by atoms with van der Waals surface area (Å²) in [7, 11) is 0. The largest absolute Gasteiger partial charge is 0.623 e. The van der Waals surface area contributed by atoms with Crippen LogP contribution in [0.25, 0.3) is 10.2 Å². The van der Waals surface area contributed by atoms with Gasteiger partial charge in [0.25, 0.3) is 5.13 Å². The predicted octanol–water partition coefficient (Wildman–Crippen LogP) is 8.14. The second kappa shape index (κ2) is 16.0. The van der Waals surface area contributed by atoms with Crippen molar-refractivity contribution in [2.45, 2.75) is 111 Å². The van der Waals surface area contributed by atoms with Crippen molar-refractivity contribution in [2.75, 3.05) is 39.5 Å². The quantitative estimate of drug-likeness (QED) is 0.104. The number of aromatic nitrogens is 1. The molecule has 0 radical (unpaired) electrons. The molecular formula is C30H52N4O2S. The third-order valence-electron chi connectivity index (χ3n) is 7.64. The zero-order chi connectivity index (χ0) is 26.5. The smallest absolute Gasteiger partial charge is 0.289 e. The summed E-state index contributed by atoms with van der Waals surface area (Å²) in [4.78, 5) is 9.90. The van der Waals surface area contributed by atoms with Gasteiger partial charge in [0.05, 0.1) is 23.4 Å². The molecule has 3 rings (SSSR count). The van der Waals surface area contributed by atoms with Crippen molar-refractivity contribution in [3.8, 4) is 5.75 Å². The van der Waals surface area contributed by atoms with Gasteiger partial charge in [0.1, 0.15) is 12.4 Å². The minimum atomic E-state index is -0.335. The normalized spacial score (nSPS) is 20.4. The van der Waals surface area contributed by atoms with Gasteiger partial charge in [-0.25, -0.2) is 4.90 Å². The molecule has 0 saturated carbocycles. The molecule has 1 aliphatic heterocycles. The number of fused-ring (bicyclic) bond motifs is 1. The Bertz CT molecular complexity index is 895. The van der Waals surface area contributed by atoms with Crippen LogP contribution in [0.15, 0.2) is 18.2 Å². The number of unbranched alkanes of at least 4 members (excludes halogenated alkanes) is 9. The molecule has 0 N–H and O–H groups in total. The molecule has 0 spiro atoms. The highest BCUT2D eigenvalue weighted by Crippen LogP contribution is 2.40. The van der Waals surface area contributed by atoms with Crippen LogP contribution in [0.5, 0.6) is 5.75 Å². The van der Waals surface area contributed by atoms with Crippen LogP contribution in [0, 0.1) is 5.21 Å². The van der Waals surface area contributed by atoms with Crippen LogP contribution >= 0.6 is 11.3 Å². The molecule has 1 aliphatic rings. The lowest BCUT2D eigenvalue weighted by Gasteiger charge is -2.44. The van der Waals surface area contributed by atoms with Crippen LogP contribution in [0.2, 0.25) is 0 Å². The molecule has 0 amide bonds. The van der Waals surface area contributed by atoms with Gasteiger partial charge in [-0.1, -0.05) is 89.9 Å². The van der Waals surface area contributed by atoms with Gasteiger partial charge in [-0.2, -0.15) is 4.98 Å². The SMILES string of the molecule is CCCCCCN1CC(N(CCCCCC)CCCCCC)[N+]([O-])(c2nc3ccc(OCC)cc3s2)C1. The van der Waals surface area contributed by atoms with E-state index in [0.29, 0.717) is 18.4 Å². The fraction of sp³-hybridized carbons (Fsp3) is 0.767. The van der Waals surface area contributed by atoms with E-state index in [1.54, 1.807) is 11.3 Å². The molecule has 210 valence electrons. The van der Waals surface area contributed by atoms with Gasteiger partial charge in [-0.05, 0) is 44.4 Å². The van der Waals surface area contributed by atoms with Crippen LogP contribution < -0.4 is 9.38 Å². The van der Waals surface area contributed by atoms with E-state index in [0.717, 1.165) is 42.1 Å². The monoisotopic (exact) mass is 532 g/mol. The van der Waals surface area contributed by atoms with E-state index >= 15 is 0 Å². The van der Waals surface area contributed by atoms with Crippen molar-refractivity contribution in [3.05, 3.63) is 23.4 Å². The van der Waals surface area contributed by atoms with E-state index in [-0.39, 0.29) is 10.8 Å². The fourth-order valence-electron chi connectivity index (χ4n) is 5.51. The number of hydrogen-bond donors (Lipinski definition) is 0.